The van der Waals surface area contributed by atoms with Gasteiger partial charge in [-0.3, -0.25) is 9.78 Å². The Morgan fingerprint density at radius 3 is 2.74 bits per heavy atom. The summed E-state index contributed by atoms with van der Waals surface area (Å²) in [6.07, 6.45) is 1.71. The summed E-state index contributed by atoms with van der Waals surface area (Å²) in [4.78, 5) is 15.0. The second-order valence-electron chi connectivity index (χ2n) is 6.18. The number of aromatic nitrogens is 2. The number of aliphatic carboxylic acids is 1. The van der Waals surface area contributed by atoms with Crippen LogP contribution in [0.25, 0.3) is 11.3 Å². The molecular formula is C20H19FN2O4. The van der Waals surface area contributed by atoms with Gasteiger partial charge in [-0.1, -0.05) is 11.2 Å². The number of hydrogen-bond acceptors (Lipinski definition) is 5. The fourth-order valence-electron chi connectivity index (χ4n) is 2.78. The maximum Gasteiger partial charge on any atom is 0.303 e. The Kier molecular flexibility index (Phi) is 5.49. The van der Waals surface area contributed by atoms with Crippen LogP contribution in [0.2, 0.25) is 0 Å². The Labute approximate surface area is 155 Å². The van der Waals surface area contributed by atoms with Gasteiger partial charge in [0.25, 0.3) is 0 Å². The first-order valence-corrected chi connectivity index (χ1v) is 8.45. The van der Waals surface area contributed by atoms with Gasteiger partial charge in [0.15, 0.2) is 0 Å². The molecule has 0 fully saturated rings. The van der Waals surface area contributed by atoms with Crippen molar-refractivity contribution in [3.05, 3.63) is 64.9 Å². The molecule has 3 rings (SSSR count). The number of carboxylic acids is 1. The van der Waals surface area contributed by atoms with E-state index in [1.54, 1.807) is 18.3 Å². The summed E-state index contributed by atoms with van der Waals surface area (Å²) in [6, 6.07) is 8.16. The van der Waals surface area contributed by atoms with Gasteiger partial charge in [0.1, 0.15) is 23.9 Å². The summed E-state index contributed by atoms with van der Waals surface area (Å²) in [5.74, 6) is -0.360. The number of ether oxygens (including phenoxy) is 1. The van der Waals surface area contributed by atoms with Gasteiger partial charge in [0.05, 0.1) is 17.0 Å². The molecule has 2 heterocycles. The molecule has 0 amide bonds. The second kappa shape index (κ2) is 7.99. The number of halogens is 1. The summed E-state index contributed by atoms with van der Waals surface area (Å²) in [7, 11) is 0. The van der Waals surface area contributed by atoms with Crippen LogP contribution in [0.3, 0.4) is 0 Å². The molecule has 0 unspecified atom stereocenters. The lowest BCUT2D eigenvalue weighted by molar-refractivity contribution is -0.136. The van der Waals surface area contributed by atoms with Crippen molar-refractivity contribution in [3.63, 3.8) is 0 Å². The molecule has 1 aromatic carbocycles. The highest BCUT2D eigenvalue weighted by Crippen LogP contribution is 2.26. The third-order valence-corrected chi connectivity index (χ3v) is 4.15. The highest BCUT2D eigenvalue weighted by atomic mass is 19.1. The van der Waals surface area contributed by atoms with Gasteiger partial charge < -0.3 is 14.4 Å². The van der Waals surface area contributed by atoms with Crippen LogP contribution in [0.15, 0.2) is 41.1 Å². The van der Waals surface area contributed by atoms with E-state index in [1.165, 1.54) is 6.07 Å². The molecule has 1 N–H and O–H groups in total. The van der Waals surface area contributed by atoms with Crippen molar-refractivity contribution in [1.82, 2.24) is 10.1 Å². The third kappa shape index (κ3) is 4.49. The Morgan fingerprint density at radius 2 is 2.07 bits per heavy atom. The molecule has 0 bridgehead atoms. The fraction of sp³-hybridized carbons (Fsp3) is 0.250. The zero-order chi connectivity index (χ0) is 19.4. The van der Waals surface area contributed by atoms with E-state index in [9.17, 15) is 9.18 Å². The van der Waals surface area contributed by atoms with E-state index in [1.807, 2.05) is 26.0 Å². The molecule has 0 radical (unpaired) electrons. The number of benzene rings is 1. The van der Waals surface area contributed by atoms with Crippen LogP contribution >= 0.6 is 0 Å². The molecule has 27 heavy (non-hydrogen) atoms. The SMILES string of the molecule is Cc1noc(C)c1-c1cc(COc2ccc(CCC(=O)O)c(F)c2)ccn1. The van der Waals surface area contributed by atoms with Crippen molar-refractivity contribution in [2.45, 2.75) is 33.3 Å². The predicted octanol–water partition coefficient (Wildman–Crippen LogP) is 4.09. The van der Waals surface area contributed by atoms with Crippen LogP contribution in [0.5, 0.6) is 5.75 Å². The fourth-order valence-corrected chi connectivity index (χ4v) is 2.78. The summed E-state index contributed by atoms with van der Waals surface area (Å²) < 4.78 is 24.9. The lowest BCUT2D eigenvalue weighted by Crippen LogP contribution is -2.01. The number of aryl methyl sites for hydroxylation is 3. The molecule has 0 aliphatic carbocycles. The van der Waals surface area contributed by atoms with Gasteiger partial charge in [0.2, 0.25) is 0 Å². The van der Waals surface area contributed by atoms with Gasteiger partial charge in [-0.15, -0.1) is 0 Å². The first-order chi connectivity index (χ1) is 12.9. The van der Waals surface area contributed by atoms with Gasteiger partial charge in [-0.25, -0.2) is 4.39 Å². The van der Waals surface area contributed by atoms with Gasteiger partial charge in [0, 0.05) is 18.7 Å². The lowest BCUT2D eigenvalue weighted by atomic mass is 10.1. The second-order valence-corrected chi connectivity index (χ2v) is 6.18. The quantitative estimate of drug-likeness (QED) is 0.674. The van der Waals surface area contributed by atoms with Crippen LogP contribution in [-0.2, 0) is 17.8 Å². The lowest BCUT2D eigenvalue weighted by Gasteiger charge is -2.09. The van der Waals surface area contributed by atoms with Crippen LogP contribution < -0.4 is 4.74 Å². The van der Waals surface area contributed by atoms with Crippen molar-refractivity contribution >= 4 is 5.97 Å². The summed E-state index contributed by atoms with van der Waals surface area (Å²) in [5, 5.41) is 12.6. The molecule has 0 saturated heterocycles. The normalized spacial score (nSPS) is 10.8. The largest absolute Gasteiger partial charge is 0.489 e. The molecule has 0 spiro atoms. The highest BCUT2D eigenvalue weighted by Gasteiger charge is 2.13. The van der Waals surface area contributed by atoms with E-state index in [-0.39, 0.29) is 19.4 Å². The van der Waals surface area contributed by atoms with Crippen LogP contribution in [0.4, 0.5) is 4.39 Å². The number of hydrogen-bond donors (Lipinski definition) is 1. The topological polar surface area (TPSA) is 85.5 Å². The molecule has 2 aromatic heterocycles. The predicted molar refractivity (Wildman–Crippen MR) is 95.9 cm³/mol. The first-order valence-electron chi connectivity index (χ1n) is 8.45. The van der Waals surface area contributed by atoms with Gasteiger partial charge in [-0.05, 0) is 49.6 Å². The number of pyridine rings is 1. The van der Waals surface area contributed by atoms with Crippen LogP contribution in [-0.4, -0.2) is 21.2 Å². The molecule has 7 heteroatoms. The van der Waals surface area contributed by atoms with Crippen molar-refractivity contribution in [2.24, 2.45) is 0 Å². The summed E-state index contributed by atoms with van der Waals surface area (Å²) in [6.45, 7) is 3.92. The molecule has 0 atom stereocenters. The van der Waals surface area contributed by atoms with Crippen LogP contribution in [0.1, 0.15) is 29.0 Å². The number of nitrogens with zero attached hydrogens (tertiary/aromatic N) is 2. The zero-order valence-electron chi connectivity index (χ0n) is 15.0. The minimum Gasteiger partial charge on any atom is -0.489 e. The van der Waals surface area contributed by atoms with E-state index in [2.05, 4.69) is 10.1 Å². The third-order valence-electron chi connectivity index (χ3n) is 4.15. The Hall–Kier alpha value is -3.22. The molecule has 0 aliphatic heterocycles. The van der Waals surface area contributed by atoms with Crippen molar-refractivity contribution < 1.29 is 23.6 Å². The molecule has 140 valence electrons. The minimum absolute atomic E-state index is 0.112. The standard InChI is InChI=1S/C20H19FN2O4/c1-12-20(13(2)27-23-12)18-9-14(7-8-22-18)11-26-16-5-3-15(17(21)10-16)4-6-19(24)25/h3,5,7-10H,4,6,11H2,1-2H3,(H,24,25). The number of rotatable bonds is 7. The minimum atomic E-state index is -0.957. The van der Waals surface area contributed by atoms with Crippen LogP contribution in [0, 0.1) is 19.7 Å². The van der Waals surface area contributed by atoms with Gasteiger partial charge >= 0.3 is 5.97 Å². The maximum atomic E-state index is 14.1. The molecule has 0 saturated carbocycles. The maximum absolute atomic E-state index is 14.1. The average Bonchev–Trinajstić information content (AvgIpc) is 2.97. The van der Waals surface area contributed by atoms with Gasteiger partial charge in [-0.2, -0.15) is 0 Å². The highest BCUT2D eigenvalue weighted by molar-refractivity contribution is 5.67. The van der Waals surface area contributed by atoms with E-state index >= 15 is 0 Å². The molecular weight excluding hydrogens is 351 g/mol. The summed E-state index contributed by atoms with van der Waals surface area (Å²) in [5.41, 5.74) is 3.58. The van der Waals surface area contributed by atoms with Crippen molar-refractivity contribution in [3.8, 4) is 17.0 Å². The summed E-state index contributed by atoms with van der Waals surface area (Å²) >= 11 is 0. The number of carboxylic acid groups (broad SMARTS) is 1. The smallest absolute Gasteiger partial charge is 0.303 e. The van der Waals surface area contributed by atoms with E-state index in [0.717, 1.165) is 22.5 Å². The van der Waals surface area contributed by atoms with E-state index in [0.29, 0.717) is 17.1 Å². The zero-order valence-corrected chi connectivity index (χ0v) is 15.0. The average molecular weight is 370 g/mol. The first kappa shape index (κ1) is 18.6. The Morgan fingerprint density at radius 1 is 1.26 bits per heavy atom. The van der Waals surface area contributed by atoms with Crippen molar-refractivity contribution in [2.75, 3.05) is 0 Å². The van der Waals surface area contributed by atoms with Crippen molar-refractivity contribution in [1.29, 1.82) is 0 Å². The Balaban J connectivity index is 1.69. The van der Waals surface area contributed by atoms with E-state index < -0.39 is 11.8 Å². The Bertz CT molecular complexity index is 949. The van der Waals surface area contributed by atoms with E-state index in [4.69, 9.17) is 14.4 Å². The molecule has 3 aromatic rings. The monoisotopic (exact) mass is 370 g/mol. The molecule has 6 nitrogen and oxygen atoms in total. The molecule has 0 aliphatic rings. The number of carbonyl (C=O) groups is 1.